The summed E-state index contributed by atoms with van der Waals surface area (Å²) in [5, 5.41) is 0. The first-order valence-corrected chi connectivity index (χ1v) is 5.63. The van der Waals surface area contributed by atoms with Crippen molar-refractivity contribution in [3.8, 4) is 0 Å². The fourth-order valence-corrected chi connectivity index (χ4v) is 1.91. The van der Waals surface area contributed by atoms with E-state index in [-0.39, 0.29) is 18.4 Å². The highest BCUT2D eigenvalue weighted by Gasteiger charge is 2.20. The molecule has 2 rings (SSSR count). The average molecular weight is 281 g/mol. The highest BCUT2D eigenvalue weighted by molar-refractivity contribution is 5.85. The van der Waals surface area contributed by atoms with Crippen LogP contribution in [0.2, 0.25) is 0 Å². The lowest BCUT2D eigenvalue weighted by Crippen LogP contribution is -2.41. The number of nitrogens with zero attached hydrogens (tertiary/aromatic N) is 1. The normalized spacial score (nSPS) is 17.2. The van der Waals surface area contributed by atoms with Gasteiger partial charge in [0, 0.05) is 12.6 Å². The summed E-state index contributed by atoms with van der Waals surface area (Å²) in [7, 11) is 0. The van der Waals surface area contributed by atoms with Crippen LogP contribution in [0.3, 0.4) is 0 Å². The maximum absolute atomic E-state index is 13.1. The van der Waals surface area contributed by atoms with Gasteiger partial charge in [0.15, 0.2) is 0 Å². The lowest BCUT2D eigenvalue weighted by atomic mass is 10.0. The molecule has 102 valence electrons. The zero-order valence-electron chi connectivity index (χ0n) is 9.78. The number of hydrogen-bond donors (Lipinski definition) is 1. The largest absolute Gasteiger partial charge is 0.323 e. The van der Waals surface area contributed by atoms with Gasteiger partial charge in [0.2, 0.25) is 0 Å². The Labute approximate surface area is 110 Å². The molecule has 0 aliphatic carbocycles. The van der Waals surface area contributed by atoms with E-state index >= 15 is 0 Å². The summed E-state index contributed by atoms with van der Waals surface area (Å²) in [5.41, 5.74) is 5.91. The average Bonchev–Trinajstić information content (AvgIpc) is 2.23. The second-order valence-electron chi connectivity index (χ2n) is 4.34. The Morgan fingerprint density at radius 1 is 1.28 bits per heavy atom. The topological polar surface area (TPSA) is 29.3 Å². The Morgan fingerprint density at radius 3 is 2.44 bits per heavy atom. The van der Waals surface area contributed by atoms with E-state index in [1.165, 1.54) is 12.1 Å². The second-order valence-corrected chi connectivity index (χ2v) is 4.34. The van der Waals surface area contributed by atoms with Gasteiger partial charge in [-0.2, -0.15) is 0 Å². The number of likely N-dealkylation sites (tertiary alicyclic amines) is 1. The van der Waals surface area contributed by atoms with Gasteiger partial charge in [-0.3, -0.25) is 0 Å². The summed E-state index contributed by atoms with van der Waals surface area (Å²) in [6.07, 6.45) is -1.65. The fourth-order valence-electron chi connectivity index (χ4n) is 1.91. The van der Waals surface area contributed by atoms with E-state index in [4.69, 9.17) is 5.73 Å². The molecule has 6 heteroatoms. The monoisotopic (exact) mass is 280 g/mol. The van der Waals surface area contributed by atoms with Crippen LogP contribution in [0.5, 0.6) is 0 Å². The summed E-state index contributed by atoms with van der Waals surface area (Å²) < 4.78 is 38.1. The molecule has 1 aliphatic heterocycles. The molecule has 0 radical (unpaired) electrons. The predicted octanol–water partition coefficient (Wildman–Crippen LogP) is 2.89. The van der Waals surface area contributed by atoms with Crippen molar-refractivity contribution < 1.29 is 13.2 Å². The third-order valence-electron chi connectivity index (χ3n) is 3.09. The van der Waals surface area contributed by atoms with Crippen LogP contribution in [0.4, 0.5) is 13.2 Å². The number of hydrogen-bond acceptors (Lipinski definition) is 2. The molecule has 0 spiro atoms. The van der Waals surface area contributed by atoms with Crippen molar-refractivity contribution in [1.29, 1.82) is 0 Å². The van der Waals surface area contributed by atoms with Crippen molar-refractivity contribution in [3.05, 3.63) is 35.1 Å². The van der Waals surface area contributed by atoms with E-state index < -0.39 is 17.8 Å². The first kappa shape index (κ1) is 15.3. The van der Waals surface area contributed by atoms with Crippen molar-refractivity contribution in [2.75, 3.05) is 19.6 Å². The quantitative estimate of drug-likeness (QED) is 0.919. The molecule has 2 N–H and O–H groups in total. The summed E-state index contributed by atoms with van der Waals surface area (Å²) in [6, 6.07) is 3.37. The maximum atomic E-state index is 13.1. The van der Waals surface area contributed by atoms with Crippen LogP contribution in [0.1, 0.15) is 30.0 Å². The lowest BCUT2D eigenvalue weighted by Gasteiger charge is -2.33. The highest BCUT2D eigenvalue weighted by Crippen LogP contribution is 2.25. The molecule has 1 unspecified atom stereocenters. The number of benzene rings is 1. The molecule has 2 nitrogen and oxygen atoms in total. The van der Waals surface area contributed by atoms with Crippen molar-refractivity contribution in [1.82, 2.24) is 4.90 Å². The molecular weight excluding hydrogens is 265 g/mol. The molecule has 1 heterocycles. The molecule has 0 amide bonds. The van der Waals surface area contributed by atoms with E-state index in [9.17, 15) is 13.2 Å². The molecule has 1 fully saturated rings. The molecule has 18 heavy (non-hydrogen) atoms. The third kappa shape index (κ3) is 3.37. The van der Waals surface area contributed by atoms with Crippen LogP contribution in [-0.2, 0) is 0 Å². The van der Waals surface area contributed by atoms with Crippen molar-refractivity contribution in [2.24, 2.45) is 5.73 Å². The Morgan fingerprint density at radius 2 is 1.94 bits per heavy atom. The summed E-state index contributed by atoms with van der Waals surface area (Å²) in [4.78, 5) is 2.15. The molecule has 0 saturated carbocycles. The zero-order valence-corrected chi connectivity index (χ0v) is 10.6. The Bertz CT molecular complexity index is 397. The Balaban J connectivity index is 0.00000162. The van der Waals surface area contributed by atoms with E-state index in [2.05, 4.69) is 4.90 Å². The van der Waals surface area contributed by atoms with Gasteiger partial charge in [-0.15, -0.1) is 12.4 Å². The van der Waals surface area contributed by atoms with Crippen LogP contribution in [-0.4, -0.2) is 24.5 Å². The van der Waals surface area contributed by atoms with E-state index in [0.29, 0.717) is 12.1 Å². The SMILES string of the molecule is Cl.NC(CN1CCC1)c1ccc(F)c(C(F)F)c1. The molecule has 1 aliphatic rings. The van der Waals surface area contributed by atoms with Crippen LogP contribution in [0.25, 0.3) is 0 Å². The fraction of sp³-hybridized carbons (Fsp3) is 0.500. The van der Waals surface area contributed by atoms with Gasteiger partial charge in [-0.25, -0.2) is 13.2 Å². The molecule has 1 aromatic rings. The first-order valence-electron chi connectivity index (χ1n) is 5.63. The van der Waals surface area contributed by atoms with Crippen molar-refractivity contribution >= 4 is 12.4 Å². The molecule has 1 aromatic carbocycles. The molecular formula is C12H16ClF3N2. The number of nitrogens with two attached hydrogens (primary N) is 1. The van der Waals surface area contributed by atoms with Crippen LogP contribution < -0.4 is 5.73 Å². The Kier molecular flexibility index (Phi) is 5.44. The number of rotatable bonds is 4. The first-order chi connectivity index (χ1) is 8.08. The molecule has 1 saturated heterocycles. The van der Waals surface area contributed by atoms with Crippen molar-refractivity contribution in [3.63, 3.8) is 0 Å². The van der Waals surface area contributed by atoms with Gasteiger partial charge < -0.3 is 10.6 Å². The summed E-state index contributed by atoms with van der Waals surface area (Å²) in [5.74, 6) is -0.875. The van der Waals surface area contributed by atoms with Gasteiger partial charge in [-0.1, -0.05) is 6.07 Å². The predicted molar refractivity (Wildman–Crippen MR) is 66.6 cm³/mol. The smallest absolute Gasteiger partial charge is 0.266 e. The zero-order chi connectivity index (χ0) is 12.4. The maximum Gasteiger partial charge on any atom is 0.266 e. The standard InChI is InChI=1S/C12H15F3N2.ClH/c13-10-3-2-8(6-9(10)12(14)15)11(16)7-17-4-1-5-17;/h2-3,6,11-12H,1,4-5,7,16H2;1H. The molecule has 1 atom stereocenters. The van der Waals surface area contributed by atoms with Crippen LogP contribution >= 0.6 is 12.4 Å². The van der Waals surface area contributed by atoms with E-state index in [0.717, 1.165) is 25.6 Å². The van der Waals surface area contributed by atoms with Gasteiger partial charge >= 0.3 is 0 Å². The van der Waals surface area contributed by atoms with Crippen molar-refractivity contribution in [2.45, 2.75) is 18.9 Å². The third-order valence-corrected chi connectivity index (χ3v) is 3.09. The number of halogens is 4. The number of alkyl halides is 2. The van der Waals surface area contributed by atoms with Gasteiger partial charge in [0.05, 0.1) is 5.56 Å². The van der Waals surface area contributed by atoms with Crippen LogP contribution in [0.15, 0.2) is 18.2 Å². The summed E-state index contributed by atoms with van der Waals surface area (Å²) in [6.45, 7) is 2.63. The molecule has 0 aromatic heterocycles. The minimum atomic E-state index is -2.80. The van der Waals surface area contributed by atoms with Crippen LogP contribution in [0, 0.1) is 5.82 Å². The van der Waals surface area contributed by atoms with Gasteiger partial charge in [-0.05, 0) is 37.2 Å². The van der Waals surface area contributed by atoms with Gasteiger partial charge in [0.25, 0.3) is 6.43 Å². The van der Waals surface area contributed by atoms with Gasteiger partial charge in [0.1, 0.15) is 5.82 Å². The highest BCUT2D eigenvalue weighted by atomic mass is 35.5. The second kappa shape index (κ2) is 6.41. The van der Waals surface area contributed by atoms with E-state index in [1.807, 2.05) is 0 Å². The minimum absolute atomic E-state index is 0. The Hall–Kier alpha value is -0.780. The molecule has 0 bridgehead atoms. The lowest BCUT2D eigenvalue weighted by molar-refractivity contribution is 0.146. The van der Waals surface area contributed by atoms with E-state index in [1.54, 1.807) is 0 Å². The summed E-state index contributed by atoms with van der Waals surface area (Å²) >= 11 is 0. The minimum Gasteiger partial charge on any atom is -0.323 e.